The predicted octanol–water partition coefficient (Wildman–Crippen LogP) is 2.32. The smallest absolute Gasteiger partial charge is 0.151 e. The number of anilines is 1. The lowest BCUT2D eigenvalue weighted by Crippen LogP contribution is -2.47. The molecular formula is C21H23N9. The number of aromatic nitrogens is 7. The van der Waals surface area contributed by atoms with Crippen LogP contribution in [0, 0.1) is 0 Å². The van der Waals surface area contributed by atoms with Crippen LogP contribution in [0.5, 0.6) is 0 Å². The van der Waals surface area contributed by atoms with Gasteiger partial charge in [-0.3, -0.25) is 5.10 Å². The number of benzene rings is 1. The Morgan fingerprint density at radius 1 is 1.07 bits per heavy atom. The van der Waals surface area contributed by atoms with E-state index in [1.807, 2.05) is 30.6 Å². The van der Waals surface area contributed by atoms with Crippen molar-refractivity contribution in [2.24, 2.45) is 0 Å². The van der Waals surface area contributed by atoms with Gasteiger partial charge < -0.3 is 10.2 Å². The Bertz CT molecular complexity index is 1150. The van der Waals surface area contributed by atoms with Gasteiger partial charge in [0.15, 0.2) is 5.82 Å². The van der Waals surface area contributed by atoms with E-state index in [1.54, 1.807) is 10.9 Å². The first-order chi connectivity index (χ1) is 14.8. The lowest BCUT2D eigenvalue weighted by molar-refractivity contribution is 0.353. The zero-order valence-corrected chi connectivity index (χ0v) is 16.7. The summed E-state index contributed by atoms with van der Waals surface area (Å²) in [5.74, 6) is 0.924. The van der Waals surface area contributed by atoms with E-state index in [1.165, 1.54) is 25.7 Å². The molecule has 9 heteroatoms. The van der Waals surface area contributed by atoms with E-state index in [9.17, 15) is 0 Å². The lowest BCUT2D eigenvalue weighted by Gasteiger charge is -2.36. The Hall–Kier alpha value is -3.33. The average molecular weight is 401 g/mol. The van der Waals surface area contributed by atoms with Crippen molar-refractivity contribution < 1.29 is 0 Å². The molecule has 2 N–H and O–H groups in total. The molecule has 0 spiro atoms. The minimum absolute atomic E-state index is 0.520. The summed E-state index contributed by atoms with van der Waals surface area (Å²) >= 11 is 0. The van der Waals surface area contributed by atoms with Gasteiger partial charge >= 0.3 is 0 Å². The van der Waals surface area contributed by atoms with Crippen molar-refractivity contribution in [1.29, 1.82) is 0 Å². The van der Waals surface area contributed by atoms with Gasteiger partial charge in [0.2, 0.25) is 0 Å². The van der Waals surface area contributed by atoms with Gasteiger partial charge in [0, 0.05) is 36.1 Å². The molecule has 0 radical (unpaired) electrons. The number of nitrogens with zero attached hydrogens (tertiary/aromatic N) is 7. The monoisotopic (exact) mass is 401 g/mol. The number of aromatic amines is 1. The quantitative estimate of drug-likeness (QED) is 0.541. The van der Waals surface area contributed by atoms with Crippen LogP contribution in [0.2, 0.25) is 0 Å². The molecule has 2 aliphatic rings. The van der Waals surface area contributed by atoms with Crippen LogP contribution in [-0.2, 0) is 0 Å². The minimum atomic E-state index is 0.520. The van der Waals surface area contributed by atoms with Gasteiger partial charge in [-0.25, -0.2) is 4.68 Å². The normalized spacial score (nSPS) is 23.2. The third kappa shape index (κ3) is 2.85. The van der Waals surface area contributed by atoms with Crippen molar-refractivity contribution in [3.63, 3.8) is 0 Å². The van der Waals surface area contributed by atoms with Crippen molar-refractivity contribution >= 4 is 16.7 Å². The van der Waals surface area contributed by atoms with Gasteiger partial charge in [0.05, 0.1) is 35.5 Å². The number of H-pyrrole nitrogens is 1. The number of hydrogen-bond donors (Lipinski definition) is 2. The summed E-state index contributed by atoms with van der Waals surface area (Å²) in [5, 5.41) is 29.1. The molecule has 2 bridgehead atoms. The van der Waals surface area contributed by atoms with Gasteiger partial charge in [0.25, 0.3) is 0 Å². The van der Waals surface area contributed by atoms with E-state index in [0.717, 1.165) is 33.7 Å². The first kappa shape index (κ1) is 17.5. The summed E-state index contributed by atoms with van der Waals surface area (Å²) in [6.45, 7) is 0. The maximum Gasteiger partial charge on any atom is 0.151 e. The van der Waals surface area contributed by atoms with Crippen LogP contribution in [0.25, 0.3) is 27.8 Å². The Labute approximate surface area is 173 Å². The van der Waals surface area contributed by atoms with E-state index in [0.29, 0.717) is 18.1 Å². The number of fused-ring (bicyclic) bond motifs is 3. The maximum absolute atomic E-state index is 4.56. The molecular weight excluding hydrogens is 378 g/mol. The second-order valence-corrected chi connectivity index (χ2v) is 8.29. The van der Waals surface area contributed by atoms with Crippen molar-refractivity contribution in [1.82, 2.24) is 40.7 Å². The molecule has 9 nitrogen and oxygen atoms in total. The van der Waals surface area contributed by atoms with Crippen LogP contribution in [0.15, 0.2) is 42.9 Å². The van der Waals surface area contributed by atoms with Crippen molar-refractivity contribution in [2.45, 2.75) is 43.8 Å². The summed E-state index contributed by atoms with van der Waals surface area (Å²) in [6.07, 6.45) is 10.2. The summed E-state index contributed by atoms with van der Waals surface area (Å²) < 4.78 is 1.72. The van der Waals surface area contributed by atoms with E-state index < -0.39 is 0 Å². The van der Waals surface area contributed by atoms with Gasteiger partial charge in [-0.1, -0.05) is 5.21 Å². The topological polar surface area (TPSA) is 100 Å². The summed E-state index contributed by atoms with van der Waals surface area (Å²) in [6, 6.07) is 9.98. The van der Waals surface area contributed by atoms with Gasteiger partial charge in [-0.15, -0.1) is 15.3 Å². The second-order valence-electron chi connectivity index (χ2n) is 8.29. The molecule has 1 aromatic carbocycles. The molecule has 3 aromatic heterocycles. The lowest BCUT2D eigenvalue weighted by atomic mass is 9.98. The van der Waals surface area contributed by atoms with Crippen LogP contribution in [0.3, 0.4) is 0 Å². The Morgan fingerprint density at radius 2 is 1.93 bits per heavy atom. The summed E-state index contributed by atoms with van der Waals surface area (Å²) in [5.41, 5.74) is 3.61. The van der Waals surface area contributed by atoms with Crippen LogP contribution in [-0.4, -0.2) is 60.6 Å². The van der Waals surface area contributed by atoms with Crippen molar-refractivity contribution in [3.05, 3.63) is 42.9 Å². The zero-order chi connectivity index (χ0) is 20.1. The van der Waals surface area contributed by atoms with Crippen molar-refractivity contribution in [2.75, 3.05) is 11.9 Å². The van der Waals surface area contributed by atoms with Gasteiger partial charge in [0.1, 0.15) is 0 Å². The van der Waals surface area contributed by atoms with E-state index >= 15 is 0 Å². The third-order valence-corrected chi connectivity index (χ3v) is 6.55. The standard InChI is InChI=1S/C21H23N9/c1-29(15-10-13-2-3-14(11-15)24-13)20-7-5-18(25-26-20)16-4-6-19(30-9-8-22-28-30)21-17(16)12-23-27-21/h4-9,12-15,24H,2-3,10-11H2,1H3,(H,23,27)/t13-,14+,15?. The predicted molar refractivity (Wildman–Crippen MR) is 113 cm³/mol. The minimum Gasteiger partial charge on any atom is -0.355 e. The van der Waals surface area contributed by atoms with Crippen molar-refractivity contribution in [3.8, 4) is 16.9 Å². The molecule has 3 atom stereocenters. The molecule has 2 fully saturated rings. The highest BCUT2D eigenvalue weighted by molar-refractivity contribution is 5.97. The van der Waals surface area contributed by atoms with Crippen LogP contribution in [0.4, 0.5) is 5.82 Å². The zero-order valence-electron chi connectivity index (χ0n) is 16.7. The molecule has 4 aromatic rings. The molecule has 0 amide bonds. The van der Waals surface area contributed by atoms with Gasteiger partial charge in [-0.2, -0.15) is 5.10 Å². The molecule has 2 aliphatic heterocycles. The Kier molecular flexibility index (Phi) is 4.02. The fraction of sp³-hybridized carbons (Fsp3) is 0.381. The summed E-state index contributed by atoms with van der Waals surface area (Å²) in [7, 11) is 2.14. The number of hydrogen-bond acceptors (Lipinski definition) is 7. The van der Waals surface area contributed by atoms with E-state index in [-0.39, 0.29) is 0 Å². The molecule has 0 saturated carbocycles. The third-order valence-electron chi connectivity index (χ3n) is 6.55. The Morgan fingerprint density at radius 3 is 2.67 bits per heavy atom. The molecule has 5 heterocycles. The largest absolute Gasteiger partial charge is 0.355 e. The first-order valence-corrected chi connectivity index (χ1v) is 10.4. The van der Waals surface area contributed by atoms with Gasteiger partial charge in [-0.05, 0) is 49.9 Å². The van der Waals surface area contributed by atoms with E-state index in [4.69, 9.17) is 0 Å². The second kappa shape index (κ2) is 6.88. The molecule has 30 heavy (non-hydrogen) atoms. The molecule has 2 saturated heterocycles. The molecule has 6 rings (SSSR count). The molecule has 0 aliphatic carbocycles. The maximum atomic E-state index is 4.56. The fourth-order valence-electron chi connectivity index (χ4n) is 4.96. The van der Waals surface area contributed by atoms with Crippen LogP contribution >= 0.6 is 0 Å². The van der Waals surface area contributed by atoms with Crippen LogP contribution < -0.4 is 10.2 Å². The number of piperidine rings is 1. The fourth-order valence-corrected chi connectivity index (χ4v) is 4.96. The SMILES string of the molecule is CN(c1ccc(-c2ccc(-n3ccnn3)c3[nH]ncc23)nn1)C1C[C@H]2CC[C@@H](C1)N2. The Balaban J connectivity index is 1.30. The van der Waals surface area contributed by atoms with Crippen LogP contribution in [0.1, 0.15) is 25.7 Å². The molecule has 152 valence electrons. The number of nitrogens with one attached hydrogen (secondary N) is 2. The summed E-state index contributed by atoms with van der Waals surface area (Å²) in [4.78, 5) is 2.30. The van der Waals surface area contributed by atoms with E-state index in [2.05, 4.69) is 54.0 Å². The number of rotatable bonds is 4. The highest BCUT2D eigenvalue weighted by Gasteiger charge is 2.35. The highest BCUT2D eigenvalue weighted by atomic mass is 15.4. The average Bonchev–Trinajstić information content (AvgIpc) is 3.54. The highest BCUT2D eigenvalue weighted by Crippen LogP contribution is 2.32. The molecule has 1 unspecified atom stereocenters. The first-order valence-electron chi connectivity index (χ1n) is 10.4.